The third-order valence-corrected chi connectivity index (χ3v) is 4.41. The lowest BCUT2D eigenvalue weighted by molar-refractivity contribution is -0.241. The van der Waals surface area contributed by atoms with Crippen LogP contribution in [0.1, 0.15) is 40.0 Å². The van der Waals surface area contributed by atoms with E-state index in [-0.39, 0.29) is 19.4 Å². The number of allylic oxidation sites excluding steroid dienone is 2. The highest BCUT2D eigenvalue weighted by molar-refractivity contribution is 5.84. The molecule has 2 aliphatic rings. The second-order valence-corrected chi connectivity index (χ2v) is 6.72. The fraction of sp³-hybridized carbons (Fsp3) is 0.733. The molecule has 22 heavy (non-hydrogen) atoms. The summed E-state index contributed by atoms with van der Waals surface area (Å²) in [6, 6.07) is 0. The molecule has 7 heteroatoms. The predicted octanol–water partition coefficient (Wildman–Crippen LogP) is 3.16. The molecule has 4 nitrogen and oxygen atoms in total. The predicted molar refractivity (Wildman–Crippen MR) is 70.7 cm³/mol. The Morgan fingerprint density at radius 2 is 2.05 bits per heavy atom. The molecule has 2 rings (SSSR count). The van der Waals surface area contributed by atoms with Crippen molar-refractivity contribution in [3.63, 3.8) is 0 Å². The van der Waals surface area contributed by atoms with Crippen molar-refractivity contribution in [1.82, 2.24) is 0 Å². The first kappa shape index (κ1) is 16.8. The van der Waals surface area contributed by atoms with Gasteiger partial charge in [0.1, 0.15) is 6.61 Å². The molecule has 1 saturated heterocycles. The van der Waals surface area contributed by atoms with Gasteiger partial charge in [-0.25, -0.2) is 4.79 Å². The van der Waals surface area contributed by atoms with Crippen molar-refractivity contribution in [1.29, 1.82) is 0 Å². The van der Waals surface area contributed by atoms with Gasteiger partial charge in [-0.3, -0.25) is 4.79 Å². The standard InChI is InChI=1S/C15H19F3O4/c1-9-4-6-14(7-5-9,15(16,17)18)12(20)22-10-11(19)21-8-13(10,2)3/h4,10H,5-8H2,1-3H3/t10-,14?/m0/s1. The summed E-state index contributed by atoms with van der Waals surface area (Å²) in [5.41, 5.74) is -2.60. The van der Waals surface area contributed by atoms with Crippen molar-refractivity contribution in [2.75, 3.05) is 6.61 Å². The van der Waals surface area contributed by atoms with Crippen molar-refractivity contribution in [3.05, 3.63) is 11.6 Å². The van der Waals surface area contributed by atoms with E-state index >= 15 is 0 Å². The van der Waals surface area contributed by atoms with E-state index in [2.05, 4.69) is 0 Å². The third kappa shape index (κ3) is 2.73. The van der Waals surface area contributed by atoms with Gasteiger partial charge in [0.2, 0.25) is 6.10 Å². The van der Waals surface area contributed by atoms with Crippen LogP contribution in [0.3, 0.4) is 0 Å². The van der Waals surface area contributed by atoms with Crippen molar-refractivity contribution in [3.8, 4) is 0 Å². The molecule has 0 aromatic heterocycles. The summed E-state index contributed by atoms with van der Waals surface area (Å²) >= 11 is 0. The molecule has 1 aliphatic heterocycles. The van der Waals surface area contributed by atoms with E-state index in [1.54, 1.807) is 20.8 Å². The van der Waals surface area contributed by atoms with E-state index in [0.717, 1.165) is 5.57 Å². The number of esters is 2. The third-order valence-electron chi connectivity index (χ3n) is 4.41. The second kappa shape index (κ2) is 5.28. The van der Waals surface area contributed by atoms with Crippen LogP contribution in [0.5, 0.6) is 0 Å². The molecule has 0 radical (unpaired) electrons. The van der Waals surface area contributed by atoms with E-state index in [4.69, 9.17) is 9.47 Å². The van der Waals surface area contributed by atoms with Gasteiger partial charge in [0.05, 0.1) is 0 Å². The number of halogens is 3. The number of hydrogen-bond acceptors (Lipinski definition) is 4. The quantitative estimate of drug-likeness (QED) is 0.579. The van der Waals surface area contributed by atoms with Crippen LogP contribution in [0.4, 0.5) is 13.2 Å². The van der Waals surface area contributed by atoms with E-state index in [1.165, 1.54) is 6.08 Å². The normalized spacial score (nSPS) is 31.5. The number of cyclic esters (lactones) is 1. The first-order chi connectivity index (χ1) is 9.99. The molecular weight excluding hydrogens is 301 g/mol. The van der Waals surface area contributed by atoms with Gasteiger partial charge >= 0.3 is 18.1 Å². The van der Waals surface area contributed by atoms with Crippen LogP contribution < -0.4 is 0 Å². The maximum Gasteiger partial charge on any atom is 0.405 e. The molecule has 1 heterocycles. The minimum Gasteiger partial charge on any atom is -0.462 e. The summed E-state index contributed by atoms with van der Waals surface area (Å²) in [6.45, 7) is 4.97. The topological polar surface area (TPSA) is 52.6 Å². The average molecular weight is 320 g/mol. The lowest BCUT2D eigenvalue weighted by Gasteiger charge is -2.36. The first-order valence-electron chi connectivity index (χ1n) is 7.10. The number of hydrogen-bond donors (Lipinski definition) is 0. The zero-order valence-electron chi connectivity index (χ0n) is 12.8. The molecular formula is C15H19F3O4. The Balaban J connectivity index is 2.26. The summed E-state index contributed by atoms with van der Waals surface area (Å²) in [5, 5.41) is 0. The van der Waals surface area contributed by atoms with E-state index in [9.17, 15) is 22.8 Å². The monoisotopic (exact) mass is 320 g/mol. The lowest BCUT2D eigenvalue weighted by Crippen LogP contribution is -2.49. The molecule has 1 fully saturated rings. The molecule has 0 spiro atoms. The smallest absolute Gasteiger partial charge is 0.405 e. The van der Waals surface area contributed by atoms with Gasteiger partial charge in [0.25, 0.3) is 0 Å². The molecule has 0 bridgehead atoms. The van der Waals surface area contributed by atoms with Crippen molar-refractivity contribution in [2.45, 2.75) is 52.3 Å². The molecule has 1 aliphatic carbocycles. The second-order valence-electron chi connectivity index (χ2n) is 6.72. The number of carbonyl (C=O) groups is 2. The minimum atomic E-state index is -4.73. The fourth-order valence-corrected chi connectivity index (χ4v) is 2.68. The number of carbonyl (C=O) groups excluding carboxylic acids is 2. The Hall–Kier alpha value is -1.53. The van der Waals surface area contributed by atoms with E-state index < -0.39 is 41.5 Å². The number of alkyl halides is 3. The fourth-order valence-electron chi connectivity index (χ4n) is 2.68. The molecule has 2 atom stereocenters. The van der Waals surface area contributed by atoms with Crippen LogP contribution in [0.15, 0.2) is 11.6 Å². The van der Waals surface area contributed by atoms with Crippen molar-refractivity contribution < 1.29 is 32.2 Å². The van der Waals surface area contributed by atoms with Gasteiger partial charge in [0.15, 0.2) is 5.41 Å². The van der Waals surface area contributed by atoms with Gasteiger partial charge in [-0.15, -0.1) is 0 Å². The van der Waals surface area contributed by atoms with Crippen molar-refractivity contribution in [2.24, 2.45) is 10.8 Å². The van der Waals surface area contributed by atoms with Crippen LogP contribution in [0.2, 0.25) is 0 Å². The SMILES string of the molecule is CC1=CCC(C(=O)O[C@H]2C(=O)OCC2(C)C)(C(F)(F)F)CC1. The summed E-state index contributed by atoms with van der Waals surface area (Å²) in [7, 11) is 0. The Kier molecular flexibility index (Phi) is 4.04. The highest BCUT2D eigenvalue weighted by Crippen LogP contribution is 2.50. The van der Waals surface area contributed by atoms with Crippen LogP contribution in [0.25, 0.3) is 0 Å². The van der Waals surface area contributed by atoms with Crippen LogP contribution >= 0.6 is 0 Å². The Morgan fingerprint density at radius 3 is 2.45 bits per heavy atom. The van der Waals surface area contributed by atoms with Crippen LogP contribution in [-0.4, -0.2) is 30.8 Å². The van der Waals surface area contributed by atoms with E-state index in [0.29, 0.717) is 0 Å². The van der Waals surface area contributed by atoms with Crippen LogP contribution in [0, 0.1) is 10.8 Å². The molecule has 124 valence electrons. The zero-order valence-corrected chi connectivity index (χ0v) is 12.8. The summed E-state index contributed by atoms with van der Waals surface area (Å²) in [6.07, 6.45) is -5.26. The molecule has 0 saturated carbocycles. The zero-order chi connectivity index (χ0) is 16.8. The maximum atomic E-state index is 13.5. The number of ether oxygens (including phenoxy) is 2. The maximum absolute atomic E-state index is 13.5. The average Bonchev–Trinajstić information content (AvgIpc) is 2.65. The van der Waals surface area contributed by atoms with Crippen molar-refractivity contribution >= 4 is 11.9 Å². The van der Waals surface area contributed by atoms with Gasteiger partial charge in [0, 0.05) is 5.41 Å². The highest BCUT2D eigenvalue weighted by Gasteiger charge is 2.62. The first-order valence-corrected chi connectivity index (χ1v) is 7.10. The summed E-state index contributed by atoms with van der Waals surface area (Å²) in [5.74, 6) is -2.18. The minimum absolute atomic E-state index is 0.0157. The Labute approximate surface area is 126 Å². The molecule has 0 aromatic rings. The molecule has 0 amide bonds. The van der Waals surface area contributed by atoms with Gasteiger partial charge in [-0.05, 0) is 26.2 Å². The number of rotatable bonds is 2. The van der Waals surface area contributed by atoms with Gasteiger partial charge < -0.3 is 9.47 Å². The molecule has 0 N–H and O–H groups in total. The molecule has 0 aromatic carbocycles. The van der Waals surface area contributed by atoms with E-state index in [1.807, 2.05) is 0 Å². The summed E-state index contributed by atoms with van der Waals surface area (Å²) in [4.78, 5) is 23.9. The van der Waals surface area contributed by atoms with Gasteiger partial charge in [-0.1, -0.05) is 25.5 Å². The highest BCUT2D eigenvalue weighted by atomic mass is 19.4. The Morgan fingerprint density at radius 1 is 1.41 bits per heavy atom. The summed E-state index contributed by atoms with van der Waals surface area (Å²) < 4.78 is 50.3. The van der Waals surface area contributed by atoms with Gasteiger partial charge in [-0.2, -0.15) is 13.2 Å². The largest absolute Gasteiger partial charge is 0.462 e. The lowest BCUT2D eigenvalue weighted by atomic mass is 9.74. The molecule has 1 unspecified atom stereocenters. The van der Waals surface area contributed by atoms with Crippen LogP contribution in [-0.2, 0) is 19.1 Å². The Bertz CT molecular complexity index is 521.